The third-order valence-corrected chi connectivity index (χ3v) is 6.02. The van der Waals surface area contributed by atoms with E-state index >= 15 is 0 Å². The van der Waals surface area contributed by atoms with Crippen molar-refractivity contribution < 1.29 is 23.5 Å². The van der Waals surface area contributed by atoms with Crippen LogP contribution in [0.5, 0.6) is 5.75 Å². The first-order valence-electron chi connectivity index (χ1n) is 9.98. The number of ether oxygens (including phenoxy) is 2. The van der Waals surface area contributed by atoms with Gasteiger partial charge in [0.2, 0.25) is 0 Å². The molecule has 3 aromatic rings. The maximum absolute atomic E-state index is 13.1. The molecule has 6 heteroatoms. The summed E-state index contributed by atoms with van der Waals surface area (Å²) in [6, 6.07) is 8.64. The van der Waals surface area contributed by atoms with Crippen LogP contribution in [0, 0.1) is 6.92 Å². The second-order valence-corrected chi connectivity index (χ2v) is 7.82. The number of Topliss-reactive ketones (excluding diaryl/α,β-unsaturated/α-hetero) is 1. The molecule has 30 heavy (non-hydrogen) atoms. The van der Waals surface area contributed by atoms with Crippen LogP contribution in [0.3, 0.4) is 0 Å². The Hall–Kier alpha value is -3.41. The van der Waals surface area contributed by atoms with E-state index in [1.54, 1.807) is 30.3 Å². The van der Waals surface area contributed by atoms with Gasteiger partial charge in [-0.2, -0.15) is 0 Å². The average molecular weight is 404 g/mol. The van der Waals surface area contributed by atoms with Gasteiger partial charge in [0.1, 0.15) is 17.4 Å². The van der Waals surface area contributed by atoms with Gasteiger partial charge in [0, 0.05) is 5.56 Å². The van der Waals surface area contributed by atoms with Gasteiger partial charge in [-0.15, -0.1) is 0 Å². The van der Waals surface area contributed by atoms with Crippen molar-refractivity contribution in [3.05, 3.63) is 74.1 Å². The maximum atomic E-state index is 13.1. The van der Waals surface area contributed by atoms with E-state index in [1.807, 2.05) is 6.92 Å². The number of carbonyl (C=O) groups is 2. The van der Waals surface area contributed by atoms with E-state index < -0.39 is 12.1 Å². The molecule has 6 nitrogen and oxygen atoms in total. The highest BCUT2D eigenvalue weighted by Crippen LogP contribution is 2.44. The highest BCUT2D eigenvalue weighted by molar-refractivity contribution is 6.07. The van der Waals surface area contributed by atoms with Crippen molar-refractivity contribution in [2.45, 2.75) is 38.7 Å². The van der Waals surface area contributed by atoms with E-state index in [2.05, 4.69) is 0 Å². The van der Waals surface area contributed by atoms with Gasteiger partial charge in [-0.05, 0) is 61.1 Å². The largest absolute Gasteiger partial charge is 0.484 e. The van der Waals surface area contributed by atoms with E-state index in [1.165, 1.54) is 7.11 Å². The molecule has 1 unspecified atom stereocenters. The Labute approximate surface area is 172 Å². The van der Waals surface area contributed by atoms with Crippen LogP contribution in [0.1, 0.15) is 61.9 Å². The lowest BCUT2D eigenvalue weighted by Crippen LogP contribution is -2.22. The molecular formula is C24H20O6. The normalized spacial score (nSPS) is 17.4. The molecule has 152 valence electrons. The van der Waals surface area contributed by atoms with Gasteiger partial charge in [0.05, 0.1) is 30.0 Å². The first kappa shape index (κ1) is 18.6. The van der Waals surface area contributed by atoms with Crippen molar-refractivity contribution in [3.63, 3.8) is 0 Å². The molecule has 1 aliphatic carbocycles. The Morgan fingerprint density at radius 2 is 1.83 bits per heavy atom. The van der Waals surface area contributed by atoms with Crippen molar-refractivity contribution in [1.82, 2.24) is 0 Å². The summed E-state index contributed by atoms with van der Waals surface area (Å²) >= 11 is 0. The van der Waals surface area contributed by atoms with E-state index in [0.717, 1.165) is 34.9 Å². The Kier molecular flexibility index (Phi) is 4.24. The molecule has 2 aromatic carbocycles. The second-order valence-electron chi connectivity index (χ2n) is 7.82. The topological polar surface area (TPSA) is 82.8 Å². The highest BCUT2D eigenvalue weighted by Gasteiger charge is 2.33. The number of methoxy groups -OCH3 is 1. The Bertz CT molecular complexity index is 1270. The number of fused-ring (bicyclic) bond motifs is 5. The predicted molar refractivity (Wildman–Crippen MR) is 109 cm³/mol. The Morgan fingerprint density at radius 1 is 1.10 bits per heavy atom. The van der Waals surface area contributed by atoms with Crippen LogP contribution in [0.2, 0.25) is 0 Å². The van der Waals surface area contributed by atoms with Crippen molar-refractivity contribution >= 4 is 22.7 Å². The number of hydrogen-bond acceptors (Lipinski definition) is 6. The molecule has 2 heterocycles. The first-order valence-corrected chi connectivity index (χ1v) is 9.98. The van der Waals surface area contributed by atoms with Crippen LogP contribution in [0.15, 0.2) is 39.5 Å². The minimum absolute atomic E-state index is 0.00404. The van der Waals surface area contributed by atoms with Gasteiger partial charge < -0.3 is 13.9 Å². The summed E-state index contributed by atoms with van der Waals surface area (Å²) in [6.45, 7) is 1.83. The lowest BCUT2D eigenvalue weighted by atomic mass is 9.90. The molecule has 1 aromatic heterocycles. The summed E-state index contributed by atoms with van der Waals surface area (Å²) in [5.74, 6) is 0.0839. The van der Waals surface area contributed by atoms with Crippen LogP contribution in [-0.4, -0.2) is 18.9 Å². The zero-order valence-corrected chi connectivity index (χ0v) is 16.7. The van der Waals surface area contributed by atoms with Crippen molar-refractivity contribution in [1.29, 1.82) is 0 Å². The molecule has 0 saturated heterocycles. The molecule has 0 N–H and O–H groups in total. The number of benzene rings is 2. The fourth-order valence-corrected chi connectivity index (χ4v) is 4.59. The average Bonchev–Trinajstić information content (AvgIpc) is 3.23. The molecule has 5 rings (SSSR count). The molecular weight excluding hydrogens is 384 g/mol. The lowest BCUT2D eigenvalue weighted by molar-refractivity contribution is 0.0600. The van der Waals surface area contributed by atoms with E-state index in [9.17, 15) is 14.4 Å². The minimum Gasteiger partial charge on any atom is -0.484 e. The second kappa shape index (κ2) is 6.83. The standard InChI is InChI=1S/C24H20O6/c1-12-10-19-21(15-4-3-5-16(15)24(27)30-19)22-20(12)17(25)11-18(29-22)13-6-8-14(9-7-13)23(26)28-2/h6-10,18H,3-5,11H2,1-2H3. The van der Waals surface area contributed by atoms with Gasteiger partial charge >= 0.3 is 11.6 Å². The Morgan fingerprint density at radius 3 is 2.57 bits per heavy atom. The number of rotatable bonds is 2. The summed E-state index contributed by atoms with van der Waals surface area (Å²) < 4.78 is 16.7. The van der Waals surface area contributed by atoms with Gasteiger partial charge in [-0.3, -0.25) is 4.79 Å². The maximum Gasteiger partial charge on any atom is 0.339 e. The third kappa shape index (κ3) is 2.75. The quantitative estimate of drug-likeness (QED) is 0.473. The van der Waals surface area contributed by atoms with Gasteiger partial charge in [-0.1, -0.05) is 12.1 Å². The summed E-state index contributed by atoms with van der Waals surface area (Å²) in [5, 5.41) is 0.743. The van der Waals surface area contributed by atoms with Gasteiger partial charge in [-0.25, -0.2) is 9.59 Å². The zero-order chi connectivity index (χ0) is 21.0. The monoisotopic (exact) mass is 404 g/mol. The molecule has 0 fully saturated rings. The highest BCUT2D eigenvalue weighted by atomic mass is 16.5. The molecule has 2 aliphatic rings. The SMILES string of the molecule is COC(=O)c1ccc(C2CC(=O)c3c(C)cc4oc(=O)c5c(c4c3O2)CCC5)cc1. The predicted octanol–water partition coefficient (Wildman–Crippen LogP) is 4.08. The van der Waals surface area contributed by atoms with Crippen molar-refractivity contribution in [3.8, 4) is 5.75 Å². The van der Waals surface area contributed by atoms with Crippen LogP contribution < -0.4 is 10.4 Å². The van der Waals surface area contributed by atoms with E-state index in [-0.39, 0.29) is 17.8 Å². The molecule has 0 radical (unpaired) electrons. The number of aryl methyl sites for hydroxylation is 2. The van der Waals surface area contributed by atoms with Crippen LogP contribution in [-0.2, 0) is 17.6 Å². The molecule has 0 saturated carbocycles. The zero-order valence-electron chi connectivity index (χ0n) is 16.7. The summed E-state index contributed by atoms with van der Waals surface area (Å²) in [4.78, 5) is 37.1. The molecule has 0 amide bonds. The molecule has 1 atom stereocenters. The molecule has 0 spiro atoms. The van der Waals surface area contributed by atoms with E-state index in [4.69, 9.17) is 13.9 Å². The number of ketones is 1. The Balaban J connectivity index is 1.65. The minimum atomic E-state index is -0.481. The van der Waals surface area contributed by atoms with Gasteiger partial charge in [0.15, 0.2) is 5.78 Å². The van der Waals surface area contributed by atoms with Crippen LogP contribution >= 0.6 is 0 Å². The summed E-state index contributed by atoms with van der Waals surface area (Å²) in [7, 11) is 1.33. The lowest BCUT2D eigenvalue weighted by Gasteiger charge is -2.28. The summed E-state index contributed by atoms with van der Waals surface area (Å²) in [5.41, 5.74) is 4.32. The fourth-order valence-electron chi connectivity index (χ4n) is 4.59. The first-order chi connectivity index (χ1) is 14.5. The van der Waals surface area contributed by atoms with Crippen molar-refractivity contribution in [2.75, 3.05) is 7.11 Å². The van der Waals surface area contributed by atoms with Crippen LogP contribution in [0.4, 0.5) is 0 Å². The molecule has 1 aliphatic heterocycles. The number of esters is 1. The fraction of sp³-hybridized carbons (Fsp3) is 0.292. The number of hydrogen-bond donors (Lipinski definition) is 0. The third-order valence-electron chi connectivity index (χ3n) is 6.02. The summed E-state index contributed by atoms with van der Waals surface area (Å²) in [6.07, 6.45) is 2.06. The van der Waals surface area contributed by atoms with E-state index in [0.29, 0.717) is 34.4 Å². The van der Waals surface area contributed by atoms with Crippen LogP contribution in [0.25, 0.3) is 11.0 Å². The van der Waals surface area contributed by atoms with Gasteiger partial charge in [0.25, 0.3) is 0 Å². The molecule has 0 bridgehead atoms. The smallest absolute Gasteiger partial charge is 0.339 e. The number of carbonyl (C=O) groups excluding carboxylic acids is 2. The van der Waals surface area contributed by atoms with Crippen molar-refractivity contribution in [2.24, 2.45) is 0 Å².